The van der Waals surface area contributed by atoms with Gasteiger partial charge < -0.3 is 15.2 Å². The number of nitrogens with one attached hydrogen (secondary N) is 1. The van der Waals surface area contributed by atoms with Crippen molar-refractivity contribution in [3.8, 4) is 5.75 Å². The molecule has 100 valence electrons. The first-order valence-corrected chi connectivity index (χ1v) is 6.89. The summed E-state index contributed by atoms with van der Waals surface area (Å²) in [5.41, 5.74) is 2.63. The Morgan fingerprint density at radius 2 is 2.33 bits per heavy atom. The van der Waals surface area contributed by atoms with Gasteiger partial charge >= 0.3 is 0 Å². The summed E-state index contributed by atoms with van der Waals surface area (Å²) in [5.74, 6) is 1.41. The van der Waals surface area contributed by atoms with Crippen LogP contribution < -0.4 is 10.1 Å². The van der Waals surface area contributed by atoms with E-state index in [4.69, 9.17) is 9.84 Å². The zero-order valence-corrected chi connectivity index (χ0v) is 11.1. The van der Waals surface area contributed by atoms with Gasteiger partial charge in [-0.15, -0.1) is 0 Å². The lowest BCUT2D eigenvalue weighted by molar-refractivity contribution is 0.218. The van der Waals surface area contributed by atoms with E-state index >= 15 is 0 Å². The number of fused-ring (bicyclic) bond motifs is 1. The van der Waals surface area contributed by atoms with Crippen molar-refractivity contribution in [1.82, 2.24) is 5.32 Å². The van der Waals surface area contributed by atoms with Crippen LogP contribution in [-0.2, 0) is 13.0 Å². The first-order valence-electron chi connectivity index (χ1n) is 6.89. The van der Waals surface area contributed by atoms with Gasteiger partial charge in [0.25, 0.3) is 0 Å². The first-order chi connectivity index (χ1) is 8.83. The van der Waals surface area contributed by atoms with E-state index in [1.807, 2.05) is 0 Å². The normalized spacial score (nSPS) is 15.9. The number of ether oxygens (including phenoxy) is 1. The molecule has 0 aromatic heterocycles. The van der Waals surface area contributed by atoms with Crippen molar-refractivity contribution in [2.24, 2.45) is 5.92 Å². The Hall–Kier alpha value is -1.06. The predicted molar refractivity (Wildman–Crippen MR) is 72.8 cm³/mol. The van der Waals surface area contributed by atoms with Gasteiger partial charge in [-0.25, -0.2) is 0 Å². The van der Waals surface area contributed by atoms with Crippen molar-refractivity contribution >= 4 is 0 Å². The summed E-state index contributed by atoms with van der Waals surface area (Å²) in [4.78, 5) is 0. The van der Waals surface area contributed by atoms with E-state index in [9.17, 15) is 0 Å². The summed E-state index contributed by atoms with van der Waals surface area (Å²) >= 11 is 0. The second kappa shape index (κ2) is 6.76. The Bertz CT molecular complexity index is 375. The van der Waals surface area contributed by atoms with Crippen LogP contribution in [0.25, 0.3) is 0 Å². The smallest absolute Gasteiger partial charge is 0.122 e. The highest BCUT2D eigenvalue weighted by atomic mass is 16.5. The Morgan fingerprint density at radius 1 is 1.44 bits per heavy atom. The highest BCUT2D eigenvalue weighted by molar-refractivity contribution is 5.38. The van der Waals surface area contributed by atoms with Crippen molar-refractivity contribution in [2.75, 3.05) is 19.8 Å². The van der Waals surface area contributed by atoms with E-state index in [1.165, 1.54) is 11.1 Å². The van der Waals surface area contributed by atoms with E-state index in [0.29, 0.717) is 5.92 Å². The molecule has 2 N–H and O–H groups in total. The average molecular weight is 249 g/mol. The van der Waals surface area contributed by atoms with Crippen molar-refractivity contribution in [3.05, 3.63) is 29.3 Å². The summed E-state index contributed by atoms with van der Waals surface area (Å²) in [7, 11) is 0. The molecule has 1 aliphatic heterocycles. The fraction of sp³-hybridized carbons (Fsp3) is 0.600. The molecule has 1 atom stereocenters. The zero-order chi connectivity index (χ0) is 12.8. The number of rotatable bonds is 6. The Balaban J connectivity index is 1.86. The van der Waals surface area contributed by atoms with Crippen LogP contribution in [0.3, 0.4) is 0 Å². The van der Waals surface area contributed by atoms with Crippen LogP contribution in [0.4, 0.5) is 0 Å². The Labute approximate surface area is 109 Å². The average Bonchev–Trinajstić information content (AvgIpc) is 2.43. The molecule has 18 heavy (non-hydrogen) atoms. The van der Waals surface area contributed by atoms with Crippen LogP contribution in [0, 0.1) is 5.92 Å². The summed E-state index contributed by atoms with van der Waals surface area (Å²) < 4.78 is 5.60. The van der Waals surface area contributed by atoms with Crippen LogP contribution in [0.1, 0.15) is 30.9 Å². The van der Waals surface area contributed by atoms with Gasteiger partial charge in [-0.3, -0.25) is 0 Å². The third kappa shape index (κ3) is 3.47. The quantitative estimate of drug-likeness (QED) is 0.811. The largest absolute Gasteiger partial charge is 0.493 e. The molecule has 2 rings (SSSR count). The molecule has 1 unspecified atom stereocenters. The summed E-state index contributed by atoms with van der Waals surface area (Å²) in [6, 6.07) is 6.44. The molecule has 0 spiro atoms. The van der Waals surface area contributed by atoms with Gasteiger partial charge in [0.2, 0.25) is 0 Å². The van der Waals surface area contributed by atoms with Crippen LogP contribution in [-0.4, -0.2) is 24.9 Å². The van der Waals surface area contributed by atoms with Crippen LogP contribution >= 0.6 is 0 Å². The fourth-order valence-electron chi connectivity index (χ4n) is 2.28. The molecule has 0 radical (unpaired) electrons. The van der Waals surface area contributed by atoms with Crippen LogP contribution in [0.15, 0.2) is 18.2 Å². The van der Waals surface area contributed by atoms with E-state index in [-0.39, 0.29) is 6.61 Å². The standard InChI is InChI=1S/C15H23NO2/c1-2-12(11-17)9-16-10-13-5-6-15-14(8-13)4-3-7-18-15/h5-6,8,12,16-17H,2-4,7,9-11H2,1H3. The maximum Gasteiger partial charge on any atom is 0.122 e. The summed E-state index contributed by atoms with van der Waals surface area (Å²) in [6.45, 7) is 4.96. The molecule has 0 fully saturated rings. The van der Waals surface area contributed by atoms with Gasteiger partial charge in [0.05, 0.1) is 6.61 Å². The van der Waals surface area contributed by atoms with Crippen molar-refractivity contribution in [2.45, 2.75) is 32.7 Å². The Kier molecular flexibility index (Phi) is 5.02. The van der Waals surface area contributed by atoms with Crippen molar-refractivity contribution in [1.29, 1.82) is 0 Å². The maximum atomic E-state index is 9.12. The number of aliphatic hydroxyl groups is 1. The number of hydrogen-bond acceptors (Lipinski definition) is 3. The summed E-state index contributed by atoms with van der Waals surface area (Å²) in [5, 5.41) is 12.5. The molecule has 0 amide bonds. The molecule has 1 heterocycles. The van der Waals surface area contributed by atoms with E-state index in [0.717, 1.165) is 44.7 Å². The Morgan fingerprint density at radius 3 is 3.11 bits per heavy atom. The lowest BCUT2D eigenvalue weighted by Gasteiger charge is -2.18. The minimum atomic E-state index is 0.265. The van der Waals surface area contributed by atoms with Crippen molar-refractivity contribution in [3.63, 3.8) is 0 Å². The molecule has 3 heteroatoms. The second-order valence-electron chi connectivity index (χ2n) is 4.98. The van der Waals surface area contributed by atoms with Crippen LogP contribution in [0.5, 0.6) is 5.75 Å². The second-order valence-corrected chi connectivity index (χ2v) is 4.98. The van der Waals surface area contributed by atoms with Gasteiger partial charge in [0, 0.05) is 19.7 Å². The molecule has 0 saturated carbocycles. The lowest BCUT2D eigenvalue weighted by Crippen LogP contribution is -2.24. The lowest BCUT2D eigenvalue weighted by atomic mass is 10.0. The van der Waals surface area contributed by atoms with E-state index in [2.05, 4.69) is 30.4 Å². The number of aryl methyl sites for hydroxylation is 1. The van der Waals surface area contributed by atoms with Gasteiger partial charge in [-0.05, 0) is 42.4 Å². The molecule has 1 aromatic carbocycles. The third-order valence-corrected chi connectivity index (χ3v) is 3.57. The van der Waals surface area contributed by atoms with E-state index in [1.54, 1.807) is 0 Å². The number of benzene rings is 1. The highest BCUT2D eigenvalue weighted by Gasteiger charge is 2.10. The molecule has 0 saturated heterocycles. The van der Waals surface area contributed by atoms with Crippen LogP contribution in [0.2, 0.25) is 0 Å². The first kappa shape index (κ1) is 13.4. The molecular weight excluding hydrogens is 226 g/mol. The van der Waals surface area contributed by atoms with Gasteiger partial charge in [0.15, 0.2) is 0 Å². The highest BCUT2D eigenvalue weighted by Crippen LogP contribution is 2.25. The topological polar surface area (TPSA) is 41.5 Å². The third-order valence-electron chi connectivity index (χ3n) is 3.57. The fourth-order valence-corrected chi connectivity index (χ4v) is 2.28. The molecule has 3 nitrogen and oxygen atoms in total. The SMILES string of the molecule is CCC(CO)CNCc1ccc2c(c1)CCCO2. The molecule has 0 bridgehead atoms. The number of hydrogen-bond donors (Lipinski definition) is 2. The molecule has 1 aliphatic rings. The maximum absolute atomic E-state index is 9.12. The number of aliphatic hydroxyl groups excluding tert-OH is 1. The molecular formula is C15H23NO2. The summed E-state index contributed by atoms with van der Waals surface area (Å²) in [6.07, 6.45) is 3.26. The molecule has 1 aromatic rings. The van der Waals surface area contributed by atoms with Gasteiger partial charge in [-0.1, -0.05) is 19.1 Å². The monoisotopic (exact) mass is 249 g/mol. The van der Waals surface area contributed by atoms with Crippen molar-refractivity contribution < 1.29 is 9.84 Å². The van der Waals surface area contributed by atoms with Gasteiger partial charge in [-0.2, -0.15) is 0 Å². The zero-order valence-electron chi connectivity index (χ0n) is 11.1. The van der Waals surface area contributed by atoms with E-state index < -0.39 is 0 Å². The predicted octanol–water partition coefficient (Wildman–Crippen LogP) is 2.12. The van der Waals surface area contributed by atoms with Gasteiger partial charge in [0.1, 0.15) is 5.75 Å². The minimum Gasteiger partial charge on any atom is -0.493 e. The molecule has 0 aliphatic carbocycles. The minimum absolute atomic E-state index is 0.265.